The molecule has 6 heteroatoms. The highest BCUT2D eigenvalue weighted by Gasteiger charge is 2.39. The van der Waals surface area contributed by atoms with Gasteiger partial charge in [0.05, 0.1) is 0 Å². The molecule has 1 aromatic carbocycles. The van der Waals surface area contributed by atoms with Gasteiger partial charge in [0.2, 0.25) is 5.82 Å². The second-order valence-electron chi connectivity index (χ2n) is 4.78. The number of ether oxygens (including phenoxy) is 2. The van der Waals surface area contributed by atoms with Crippen molar-refractivity contribution in [2.75, 3.05) is 20.3 Å². The minimum absolute atomic E-state index is 0.200. The summed E-state index contributed by atoms with van der Waals surface area (Å²) in [6, 6.07) is 6.63. The van der Waals surface area contributed by atoms with Crippen molar-refractivity contribution >= 4 is 0 Å². The predicted molar refractivity (Wildman–Crippen MR) is 70.1 cm³/mol. The number of aromatic hydroxyl groups is 1. The molecule has 0 amide bonds. The number of phenolic OH excluding ortho intramolecular Hbond substituents is 1. The standard InChI is InChI=1S/C14H16N2O4/c1-18-14(6-8-19-9-7-14)13-15-12(20-16-13)10-2-4-11(17)5-3-10/h2-5,17H,6-9H2,1H3. The number of benzene rings is 1. The Kier molecular flexibility index (Phi) is 3.42. The van der Waals surface area contributed by atoms with E-state index in [9.17, 15) is 5.11 Å². The summed E-state index contributed by atoms with van der Waals surface area (Å²) < 4.78 is 16.3. The van der Waals surface area contributed by atoms with Gasteiger partial charge in [-0.05, 0) is 24.3 Å². The van der Waals surface area contributed by atoms with E-state index < -0.39 is 5.60 Å². The molecule has 0 saturated carbocycles. The van der Waals surface area contributed by atoms with E-state index in [1.165, 1.54) is 0 Å². The average Bonchev–Trinajstić information content (AvgIpc) is 2.99. The summed E-state index contributed by atoms with van der Waals surface area (Å²) in [5, 5.41) is 13.3. The van der Waals surface area contributed by atoms with E-state index in [1.54, 1.807) is 31.4 Å². The van der Waals surface area contributed by atoms with Crippen LogP contribution in [0.15, 0.2) is 28.8 Å². The van der Waals surface area contributed by atoms with Gasteiger partial charge in [-0.1, -0.05) is 5.16 Å². The van der Waals surface area contributed by atoms with E-state index in [-0.39, 0.29) is 5.75 Å². The summed E-state index contributed by atoms with van der Waals surface area (Å²) in [6.07, 6.45) is 1.41. The SMILES string of the molecule is COC1(c2noc(-c3ccc(O)cc3)n2)CCOCC1. The van der Waals surface area contributed by atoms with Crippen LogP contribution in [0.1, 0.15) is 18.7 Å². The predicted octanol–water partition coefficient (Wildman–Crippen LogP) is 2.09. The summed E-state index contributed by atoms with van der Waals surface area (Å²) in [6.45, 7) is 1.24. The van der Waals surface area contributed by atoms with Crippen molar-refractivity contribution in [1.29, 1.82) is 0 Å². The second kappa shape index (κ2) is 5.22. The number of rotatable bonds is 3. The van der Waals surface area contributed by atoms with Crippen molar-refractivity contribution in [3.05, 3.63) is 30.1 Å². The molecule has 2 heterocycles. The molecule has 0 bridgehead atoms. The second-order valence-corrected chi connectivity index (χ2v) is 4.78. The highest BCUT2D eigenvalue weighted by molar-refractivity contribution is 5.54. The Hall–Kier alpha value is -1.92. The van der Waals surface area contributed by atoms with Crippen LogP contribution in [0.4, 0.5) is 0 Å². The van der Waals surface area contributed by atoms with E-state index >= 15 is 0 Å². The first-order valence-electron chi connectivity index (χ1n) is 6.50. The van der Waals surface area contributed by atoms with Crippen molar-refractivity contribution in [3.63, 3.8) is 0 Å². The van der Waals surface area contributed by atoms with E-state index in [2.05, 4.69) is 10.1 Å². The number of methoxy groups -OCH3 is 1. The summed E-state index contributed by atoms with van der Waals surface area (Å²) in [5.41, 5.74) is 0.233. The minimum Gasteiger partial charge on any atom is -0.508 e. The molecule has 0 radical (unpaired) electrons. The summed E-state index contributed by atoms with van der Waals surface area (Å²) >= 11 is 0. The maximum absolute atomic E-state index is 9.29. The highest BCUT2D eigenvalue weighted by atomic mass is 16.5. The Bertz CT molecular complexity index is 573. The third kappa shape index (κ3) is 2.28. The van der Waals surface area contributed by atoms with Gasteiger partial charge in [0, 0.05) is 38.7 Å². The first-order chi connectivity index (χ1) is 9.73. The zero-order valence-corrected chi connectivity index (χ0v) is 11.2. The zero-order valence-electron chi connectivity index (χ0n) is 11.2. The fraction of sp³-hybridized carbons (Fsp3) is 0.429. The van der Waals surface area contributed by atoms with Crippen molar-refractivity contribution in [2.24, 2.45) is 0 Å². The maximum atomic E-state index is 9.29. The number of nitrogens with zero attached hydrogens (tertiary/aromatic N) is 2. The van der Waals surface area contributed by atoms with Crippen LogP contribution in [0.2, 0.25) is 0 Å². The van der Waals surface area contributed by atoms with Gasteiger partial charge in [0.1, 0.15) is 11.4 Å². The van der Waals surface area contributed by atoms with Crippen LogP contribution in [0.25, 0.3) is 11.5 Å². The molecule has 0 spiro atoms. The van der Waals surface area contributed by atoms with E-state index in [4.69, 9.17) is 14.0 Å². The molecular formula is C14H16N2O4. The number of hydrogen-bond acceptors (Lipinski definition) is 6. The Morgan fingerprint density at radius 1 is 1.20 bits per heavy atom. The molecule has 1 saturated heterocycles. The fourth-order valence-electron chi connectivity index (χ4n) is 2.35. The van der Waals surface area contributed by atoms with Crippen LogP contribution < -0.4 is 0 Å². The van der Waals surface area contributed by atoms with Crippen molar-refractivity contribution in [2.45, 2.75) is 18.4 Å². The first-order valence-corrected chi connectivity index (χ1v) is 6.50. The normalized spacial score (nSPS) is 18.1. The largest absolute Gasteiger partial charge is 0.508 e. The Morgan fingerprint density at radius 3 is 2.55 bits per heavy atom. The van der Waals surface area contributed by atoms with E-state index in [1.807, 2.05) is 0 Å². The highest BCUT2D eigenvalue weighted by Crippen LogP contribution is 2.34. The molecule has 0 atom stereocenters. The van der Waals surface area contributed by atoms with Gasteiger partial charge in [-0.3, -0.25) is 0 Å². The molecule has 1 aliphatic rings. The molecule has 3 rings (SSSR count). The lowest BCUT2D eigenvalue weighted by atomic mass is 9.93. The zero-order chi connectivity index (χ0) is 14.0. The third-order valence-corrected chi connectivity index (χ3v) is 3.64. The molecule has 1 aliphatic heterocycles. The van der Waals surface area contributed by atoms with Gasteiger partial charge in [0.15, 0.2) is 0 Å². The monoisotopic (exact) mass is 276 g/mol. The molecule has 0 aliphatic carbocycles. The lowest BCUT2D eigenvalue weighted by molar-refractivity contribution is -0.101. The van der Waals surface area contributed by atoms with Crippen molar-refractivity contribution in [1.82, 2.24) is 10.1 Å². The van der Waals surface area contributed by atoms with Gasteiger partial charge in [-0.25, -0.2) is 0 Å². The van der Waals surface area contributed by atoms with Gasteiger partial charge < -0.3 is 19.1 Å². The molecule has 1 N–H and O–H groups in total. The van der Waals surface area contributed by atoms with Crippen LogP contribution >= 0.6 is 0 Å². The third-order valence-electron chi connectivity index (χ3n) is 3.64. The van der Waals surface area contributed by atoms with Gasteiger partial charge in [-0.2, -0.15) is 4.98 Å². The molecular weight excluding hydrogens is 260 g/mol. The number of phenols is 1. The molecule has 6 nitrogen and oxygen atoms in total. The van der Waals surface area contributed by atoms with Crippen LogP contribution in [0.5, 0.6) is 5.75 Å². The summed E-state index contributed by atoms with van der Waals surface area (Å²) in [7, 11) is 1.65. The van der Waals surface area contributed by atoms with Crippen LogP contribution in [0.3, 0.4) is 0 Å². The Balaban J connectivity index is 1.91. The lowest BCUT2D eigenvalue weighted by Gasteiger charge is -2.32. The molecule has 20 heavy (non-hydrogen) atoms. The smallest absolute Gasteiger partial charge is 0.258 e. The minimum atomic E-state index is -0.531. The van der Waals surface area contributed by atoms with Gasteiger partial charge in [0.25, 0.3) is 5.89 Å². The first kappa shape index (κ1) is 13.1. The van der Waals surface area contributed by atoms with E-state index in [0.29, 0.717) is 37.8 Å². The molecule has 106 valence electrons. The molecule has 2 aromatic rings. The Labute approximate surface area is 116 Å². The van der Waals surface area contributed by atoms with Crippen LogP contribution in [-0.2, 0) is 15.1 Å². The van der Waals surface area contributed by atoms with Crippen LogP contribution in [-0.4, -0.2) is 35.6 Å². The lowest BCUT2D eigenvalue weighted by Crippen LogP contribution is -2.36. The van der Waals surface area contributed by atoms with E-state index in [0.717, 1.165) is 5.56 Å². The van der Waals surface area contributed by atoms with Crippen molar-refractivity contribution < 1.29 is 19.1 Å². The topological polar surface area (TPSA) is 77.6 Å². The van der Waals surface area contributed by atoms with Gasteiger partial charge >= 0.3 is 0 Å². The summed E-state index contributed by atoms with van der Waals surface area (Å²) in [5.74, 6) is 1.17. The molecule has 1 aromatic heterocycles. The number of hydrogen-bond donors (Lipinski definition) is 1. The Morgan fingerprint density at radius 2 is 1.90 bits per heavy atom. The molecule has 0 unspecified atom stereocenters. The number of aromatic nitrogens is 2. The van der Waals surface area contributed by atoms with Crippen molar-refractivity contribution in [3.8, 4) is 17.2 Å². The van der Waals surface area contributed by atoms with Gasteiger partial charge in [-0.15, -0.1) is 0 Å². The summed E-state index contributed by atoms with van der Waals surface area (Å²) in [4.78, 5) is 4.44. The maximum Gasteiger partial charge on any atom is 0.258 e. The van der Waals surface area contributed by atoms with Crippen LogP contribution in [0, 0.1) is 0 Å². The molecule has 1 fully saturated rings. The average molecular weight is 276 g/mol. The quantitative estimate of drug-likeness (QED) is 0.925. The fourth-order valence-corrected chi connectivity index (χ4v) is 2.35.